The molecule has 0 spiro atoms. The first kappa shape index (κ1) is 18.1. The van der Waals surface area contributed by atoms with Crippen molar-refractivity contribution in [2.45, 2.75) is 26.2 Å². The molecule has 1 aliphatic heterocycles. The second-order valence-corrected chi connectivity index (χ2v) is 6.02. The van der Waals surface area contributed by atoms with Gasteiger partial charge in [0.1, 0.15) is 11.5 Å². The lowest BCUT2D eigenvalue weighted by atomic mass is 9.97. The zero-order valence-electron chi connectivity index (χ0n) is 14.6. The van der Waals surface area contributed by atoms with Crippen molar-refractivity contribution in [1.82, 2.24) is 10.2 Å². The molecule has 6 heteroatoms. The van der Waals surface area contributed by atoms with Gasteiger partial charge in [0, 0.05) is 26.6 Å². The average Bonchev–Trinajstić information content (AvgIpc) is 2.61. The maximum atomic E-state index is 12.3. The fourth-order valence-corrected chi connectivity index (χ4v) is 3.02. The van der Waals surface area contributed by atoms with Gasteiger partial charge in [0.05, 0.1) is 20.1 Å². The van der Waals surface area contributed by atoms with E-state index in [1.54, 1.807) is 26.0 Å². The summed E-state index contributed by atoms with van der Waals surface area (Å²) in [6.07, 6.45) is 2.37. The molecule has 0 unspecified atom stereocenters. The van der Waals surface area contributed by atoms with Crippen molar-refractivity contribution in [2.24, 2.45) is 5.92 Å². The standard InChI is InChI=1S/C18H26N2O4/c1-13(21)20-10-4-5-15(12-20)18(22)19-9-8-14-11-16(23-2)6-7-17(14)24-3/h6-7,11,15H,4-5,8-10,12H2,1-3H3,(H,19,22)/t15-/m1/s1. The molecule has 1 aromatic rings. The smallest absolute Gasteiger partial charge is 0.224 e. The van der Waals surface area contributed by atoms with Crippen molar-refractivity contribution in [3.63, 3.8) is 0 Å². The molecule has 132 valence electrons. The van der Waals surface area contributed by atoms with E-state index in [9.17, 15) is 9.59 Å². The van der Waals surface area contributed by atoms with Gasteiger partial charge in [-0.2, -0.15) is 0 Å². The maximum Gasteiger partial charge on any atom is 0.224 e. The fourth-order valence-electron chi connectivity index (χ4n) is 3.02. The highest BCUT2D eigenvalue weighted by atomic mass is 16.5. The lowest BCUT2D eigenvalue weighted by molar-refractivity contribution is -0.133. The van der Waals surface area contributed by atoms with Crippen LogP contribution in [0.15, 0.2) is 18.2 Å². The average molecular weight is 334 g/mol. The Bertz CT molecular complexity index is 588. The van der Waals surface area contributed by atoms with E-state index in [1.807, 2.05) is 18.2 Å². The fraction of sp³-hybridized carbons (Fsp3) is 0.556. The summed E-state index contributed by atoms with van der Waals surface area (Å²) in [6, 6.07) is 5.63. The largest absolute Gasteiger partial charge is 0.497 e. The molecule has 6 nitrogen and oxygen atoms in total. The highest BCUT2D eigenvalue weighted by Gasteiger charge is 2.26. The molecule has 0 aromatic heterocycles. The summed E-state index contributed by atoms with van der Waals surface area (Å²) < 4.78 is 10.6. The second kappa shape index (κ2) is 8.57. The van der Waals surface area contributed by atoms with Gasteiger partial charge in [-0.1, -0.05) is 0 Å². The van der Waals surface area contributed by atoms with Crippen LogP contribution in [0.1, 0.15) is 25.3 Å². The van der Waals surface area contributed by atoms with Gasteiger partial charge in [0.15, 0.2) is 0 Å². The lowest BCUT2D eigenvalue weighted by Gasteiger charge is -2.31. The predicted octanol–water partition coefficient (Wildman–Crippen LogP) is 1.62. The van der Waals surface area contributed by atoms with Crippen LogP contribution in [0.4, 0.5) is 0 Å². The molecular formula is C18H26N2O4. The van der Waals surface area contributed by atoms with Crippen molar-refractivity contribution in [3.8, 4) is 11.5 Å². The summed E-state index contributed by atoms with van der Waals surface area (Å²) in [7, 11) is 3.25. The lowest BCUT2D eigenvalue weighted by Crippen LogP contribution is -2.45. The number of hydrogen-bond acceptors (Lipinski definition) is 4. The van der Waals surface area contributed by atoms with E-state index in [0.717, 1.165) is 36.4 Å². The topological polar surface area (TPSA) is 67.9 Å². The van der Waals surface area contributed by atoms with Gasteiger partial charge in [-0.15, -0.1) is 0 Å². The number of amides is 2. The quantitative estimate of drug-likeness (QED) is 0.858. The molecule has 2 rings (SSSR count). The molecule has 1 fully saturated rings. The Labute approximate surface area is 143 Å². The van der Waals surface area contributed by atoms with Crippen LogP contribution >= 0.6 is 0 Å². The number of benzene rings is 1. The number of nitrogens with one attached hydrogen (secondary N) is 1. The Balaban J connectivity index is 1.87. The highest BCUT2D eigenvalue weighted by Crippen LogP contribution is 2.24. The third-order valence-electron chi connectivity index (χ3n) is 4.42. The Kier molecular flexibility index (Phi) is 6.46. The Hall–Kier alpha value is -2.24. The number of ether oxygens (including phenoxy) is 2. The van der Waals surface area contributed by atoms with Gasteiger partial charge < -0.3 is 19.7 Å². The minimum atomic E-state index is -0.116. The van der Waals surface area contributed by atoms with Crippen molar-refractivity contribution in [1.29, 1.82) is 0 Å². The number of likely N-dealkylation sites (tertiary alicyclic amines) is 1. The Morgan fingerprint density at radius 2 is 2.08 bits per heavy atom. The van der Waals surface area contributed by atoms with Crippen LogP contribution in [0.5, 0.6) is 11.5 Å². The summed E-state index contributed by atoms with van der Waals surface area (Å²) in [6.45, 7) is 3.35. The zero-order valence-corrected chi connectivity index (χ0v) is 14.6. The molecule has 0 aliphatic carbocycles. The van der Waals surface area contributed by atoms with Gasteiger partial charge >= 0.3 is 0 Å². The minimum Gasteiger partial charge on any atom is -0.497 e. The van der Waals surface area contributed by atoms with Crippen molar-refractivity contribution in [3.05, 3.63) is 23.8 Å². The molecule has 2 amide bonds. The zero-order chi connectivity index (χ0) is 17.5. The number of nitrogens with zero attached hydrogens (tertiary/aromatic N) is 1. The summed E-state index contributed by atoms with van der Waals surface area (Å²) in [4.78, 5) is 25.5. The molecule has 1 N–H and O–H groups in total. The van der Waals surface area contributed by atoms with Crippen LogP contribution in [0.2, 0.25) is 0 Å². The molecule has 1 atom stereocenters. The van der Waals surface area contributed by atoms with Crippen molar-refractivity contribution >= 4 is 11.8 Å². The monoisotopic (exact) mass is 334 g/mol. The Morgan fingerprint density at radius 3 is 2.75 bits per heavy atom. The van der Waals surface area contributed by atoms with E-state index < -0.39 is 0 Å². The molecule has 0 bridgehead atoms. The van der Waals surface area contributed by atoms with Crippen LogP contribution in [-0.2, 0) is 16.0 Å². The summed E-state index contributed by atoms with van der Waals surface area (Å²) in [5.74, 6) is 1.48. The maximum absolute atomic E-state index is 12.3. The summed E-state index contributed by atoms with van der Waals surface area (Å²) >= 11 is 0. The van der Waals surface area contributed by atoms with Gasteiger partial charge in [0.2, 0.25) is 11.8 Å². The van der Waals surface area contributed by atoms with Gasteiger partial charge in [0.25, 0.3) is 0 Å². The Morgan fingerprint density at radius 1 is 1.29 bits per heavy atom. The van der Waals surface area contributed by atoms with Crippen LogP contribution in [-0.4, -0.2) is 50.6 Å². The van der Waals surface area contributed by atoms with Crippen molar-refractivity contribution in [2.75, 3.05) is 33.9 Å². The van der Waals surface area contributed by atoms with E-state index >= 15 is 0 Å². The number of piperidine rings is 1. The minimum absolute atomic E-state index is 0.0165. The van der Waals surface area contributed by atoms with E-state index in [2.05, 4.69) is 5.32 Å². The van der Waals surface area contributed by atoms with Crippen LogP contribution in [0.3, 0.4) is 0 Å². The third-order valence-corrected chi connectivity index (χ3v) is 4.42. The van der Waals surface area contributed by atoms with Crippen LogP contribution in [0.25, 0.3) is 0 Å². The van der Waals surface area contributed by atoms with Gasteiger partial charge in [-0.05, 0) is 43.0 Å². The van der Waals surface area contributed by atoms with E-state index in [1.165, 1.54) is 0 Å². The van der Waals surface area contributed by atoms with Gasteiger partial charge in [-0.25, -0.2) is 0 Å². The third kappa shape index (κ3) is 4.63. The molecule has 0 radical (unpaired) electrons. The number of carbonyl (C=O) groups excluding carboxylic acids is 2. The summed E-state index contributed by atoms with van der Waals surface area (Å²) in [5, 5.41) is 2.98. The normalized spacial score (nSPS) is 17.3. The van der Waals surface area contributed by atoms with Crippen LogP contribution < -0.4 is 14.8 Å². The number of carbonyl (C=O) groups is 2. The van der Waals surface area contributed by atoms with E-state index in [4.69, 9.17) is 9.47 Å². The number of rotatable bonds is 6. The molecule has 0 saturated carbocycles. The summed E-state index contributed by atoms with van der Waals surface area (Å²) in [5.41, 5.74) is 0.992. The molecule has 24 heavy (non-hydrogen) atoms. The van der Waals surface area contributed by atoms with E-state index in [0.29, 0.717) is 19.5 Å². The molecule has 1 aromatic carbocycles. The second-order valence-electron chi connectivity index (χ2n) is 6.02. The predicted molar refractivity (Wildman–Crippen MR) is 91.2 cm³/mol. The first-order valence-electron chi connectivity index (χ1n) is 8.29. The van der Waals surface area contributed by atoms with E-state index in [-0.39, 0.29) is 17.7 Å². The van der Waals surface area contributed by atoms with Crippen LogP contribution in [0, 0.1) is 5.92 Å². The molecule has 1 aliphatic rings. The first-order valence-corrected chi connectivity index (χ1v) is 8.29. The number of hydrogen-bond donors (Lipinski definition) is 1. The van der Waals surface area contributed by atoms with Gasteiger partial charge in [-0.3, -0.25) is 9.59 Å². The molecular weight excluding hydrogens is 308 g/mol. The highest BCUT2D eigenvalue weighted by molar-refractivity contribution is 5.80. The molecule has 1 saturated heterocycles. The van der Waals surface area contributed by atoms with Crippen molar-refractivity contribution < 1.29 is 19.1 Å². The first-order chi connectivity index (χ1) is 11.5. The molecule has 1 heterocycles. The number of methoxy groups -OCH3 is 2. The SMILES string of the molecule is COc1ccc(OC)c(CCNC(=O)[C@@H]2CCCN(C(C)=O)C2)c1.